The number of thioether (sulfide) groups is 1. The van der Waals surface area contributed by atoms with Gasteiger partial charge in [-0.2, -0.15) is 5.26 Å². The second-order valence-corrected chi connectivity index (χ2v) is 18.2. The highest BCUT2D eigenvalue weighted by Gasteiger charge is 2.59. The highest BCUT2D eigenvalue weighted by atomic mass is 32.2. The number of hydrogen-bond acceptors (Lipinski definition) is 13. The van der Waals surface area contributed by atoms with Crippen molar-refractivity contribution >= 4 is 29.6 Å². The second-order valence-electron chi connectivity index (χ2n) is 17.1. The van der Waals surface area contributed by atoms with Gasteiger partial charge in [0.15, 0.2) is 23.0 Å². The molecule has 3 N–H and O–H groups in total. The molecule has 326 valence electrons. The third-order valence-corrected chi connectivity index (χ3v) is 14.4. The van der Waals surface area contributed by atoms with Crippen molar-refractivity contribution in [2.24, 2.45) is 0 Å². The van der Waals surface area contributed by atoms with Gasteiger partial charge >= 0.3 is 11.9 Å². The summed E-state index contributed by atoms with van der Waals surface area (Å²) < 4.78 is 30.0. The zero-order chi connectivity index (χ0) is 42.5. The number of phenolic OH excluding ortho intramolecular Hbond substituents is 1. The molecule has 0 spiro atoms. The Kier molecular flexibility index (Phi) is 14.4. The minimum absolute atomic E-state index is 0.0313. The van der Waals surface area contributed by atoms with Crippen LogP contribution in [0.3, 0.4) is 0 Å². The molecule has 0 aromatic heterocycles. The summed E-state index contributed by atoms with van der Waals surface area (Å²) in [5.41, 5.74) is 4.30. The van der Waals surface area contributed by atoms with Crippen LogP contribution in [-0.2, 0) is 25.5 Å². The van der Waals surface area contributed by atoms with E-state index >= 15 is 0 Å². The maximum Gasteiger partial charge on any atom is 0.329 e. The van der Waals surface area contributed by atoms with Crippen LogP contribution >= 0.6 is 11.8 Å². The van der Waals surface area contributed by atoms with E-state index in [0.717, 1.165) is 30.4 Å². The van der Waals surface area contributed by atoms with Crippen LogP contribution in [0.2, 0.25) is 0 Å². The highest BCUT2D eigenvalue weighted by molar-refractivity contribution is 7.99. The molecule has 2 aromatic rings. The molecule has 2 fully saturated rings. The Morgan fingerprint density at radius 3 is 2.28 bits per heavy atom. The lowest BCUT2D eigenvalue weighted by atomic mass is 9.72. The molecule has 60 heavy (non-hydrogen) atoms. The number of nitrogens with zero attached hydrogens (tertiary/aromatic N) is 2. The quantitative estimate of drug-likeness (QED) is 0.0801. The number of ether oxygens (including phenoxy) is 5. The summed E-state index contributed by atoms with van der Waals surface area (Å²) in [5.74, 6) is 0.500. The molecule has 1 amide bonds. The summed E-state index contributed by atoms with van der Waals surface area (Å²) >= 11 is 1.43. The zero-order valence-corrected chi connectivity index (χ0v) is 36.7. The fourth-order valence-corrected chi connectivity index (χ4v) is 11.8. The number of amides is 1. The fourth-order valence-electron chi connectivity index (χ4n) is 10.2. The number of benzene rings is 2. The van der Waals surface area contributed by atoms with Gasteiger partial charge in [0.05, 0.1) is 30.5 Å². The third kappa shape index (κ3) is 8.77. The Labute approximate surface area is 358 Å². The number of methoxy groups -OCH3 is 1. The Hall–Kier alpha value is -4.19. The van der Waals surface area contributed by atoms with Crippen LogP contribution in [0, 0.1) is 25.2 Å². The number of carbonyl (C=O) groups excluding carboxylic acids is 3. The van der Waals surface area contributed by atoms with Gasteiger partial charge in [-0.25, -0.2) is 4.79 Å². The first kappa shape index (κ1) is 43.9. The number of esters is 2. The van der Waals surface area contributed by atoms with E-state index in [4.69, 9.17) is 23.7 Å². The van der Waals surface area contributed by atoms with E-state index in [-0.39, 0.29) is 36.9 Å². The number of unbranched alkanes of at least 4 members (excludes halogenated alkanes) is 12. The van der Waals surface area contributed by atoms with E-state index in [1.165, 1.54) is 90.0 Å². The zero-order valence-electron chi connectivity index (χ0n) is 35.9. The van der Waals surface area contributed by atoms with Crippen LogP contribution in [-0.4, -0.2) is 78.3 Å². The number of nitrogens with one attached hydrogen (secondary N) is 2. The number of hydrogen-bond donors (Lipinski definition) is 3. The molecule has 7 atom stereocenters. The average molecular weight is 847 g/mol. The van der Waals surface area contributed by atoms with Gasteiger partial charge in [-0.3, -0.25) is 14.5 Å². The maximum absolute atomic E-state index is 13.9. The van der Waals surface area contributed by atoms with Crippen molar-refractivity contribution in [2.45, 2.75) is 166 Å². The van der Waals surface area contributed by atoms with Crippen molar-refractivity contribution in [3.05, 3.63) is 39.4 Å². The number of nitriles is 1. The summed E-state index contributed by atoms with van der Waals surface area (Å²) in [7, 11) is 1.53. The van der Waals surface area contributed by atoms with Crippen molar-refractivity contribution in [1.82, 2.24) is 15.5 Å². The molecule has 8 rings (SSSR count). The molecule has 6 aliphatic heterocycles. The smallest absolute Gasteiger partial charge is 0.329 e. The van der Waals surface area contributed by atoms with Crippen LogP contribution in [0.25, 0.3) is 0 Å². The number of rotatable bonds is 17. The van der Waals surface area contributed by atoms with Crippen molar-refractivity contribution in [1.29, 1.82) is 5.26 Å². The Morgan fingerprint density at radius 2 is 1.63 bits per heavy atom. The number of aryl methyl sites for hydroxylation is 1. The second kappa shape index (κ2) is 19.7. The standard InChI is InChI=1S/C46H62N4O9S/c1-6-7-8-9-10-11-12-13-14-15-16-17-18-19-34(52)48-31-24-60-45-37-36(44-43(57-25-58-44)27(3)42(37)59-28(4)51)33(23-56-46(31)54)50-32(22-47)30-21-29-20-26(2)41(55-5)40(53)35(29)38(49-30)39(45)50/h20,30-33,38-39,45,49,53H,6-19,21,23-25H2,1-5H3,(H,48,52)/t30-,31?,32+,33-,38-,39?,45-/m1/s1. The minimum atomic E-state index is -0.946. The summed E-state index contributed by atoms with van der Waals surface area (Å²) in [4.78, 5) is 42.3. The van der Waals surface area contributed by atoms with Crippen LogP contribution in [0.4, 0.5) is 0 Å². The molecular formula is C46H62N4O9S. The Bertz CT molecular complexity index is 1970. The lowest BCUT2D eigenvalue weighted by Gasteiger charge is -2.59. The molecule has 2 aromatic carbocycles. The molecule has 2 saturated heterocycles. The molecule has 2 unspecified atom stereocenters. The number of phenols is 1. The van der Waals surface area contributed by atoms with E-state index in [0.29, 0.717) is 58.1 Å². The van der Waals surface area contributed by atoms with Gasteiger partial charge in [-0.05, 0) is 37.8 Å². The van der Waals surface area contributed by atoms with Crippen LogP contribution in [0.5, 0.6) is 28.7 Å². The number of aromatic hydroxyl groups is 1. The molecule has 4 bridgehead atoms. The van der Waals surface area contributed by atoms with Crippen LogP contribution in [0.1, 0.15) is 154 Å². The predicted molar refractivity (Wildman–Crippen MR) is 228 cm³/mol. The third-order valence-electron chi connectivity index (χ3n) is 13.0. The van der Waals surface area contributed by atoms with Gasteiger partial charge in [0, 0.05) is 53.4 Å². The average Bonchev–Trinajstić information content (AvgIpc) is 3.72. The van der Waals surface area contributed by atoms with Gasteiger partial charge in [-0.1, -0.05) is 90.0 Å². The van der Waals surface area contributed by atoms with E-state index in [1.807, 2.05) is 19.9 Å². The van der Waals surface area contributed by atoms with E-state index in [9.17, 15) is 24.8 Å². The first-order valence-corrected chi connectivity index (χ1v) is 23.2. The highest BCUT2D eigenvalue weighted by Crippen LogP contribution is 2.62. The fraction of sp³-hybridized carbons (Fsp3) is 0.652. The van der Waals surface area contributed by atoms with Gasteiger partial charge in [0.25, 0.3) is 0 Å². The molecule has 14 heteroatoms. The maximum atomic E-state index is 13.9. The van der Waals surface area contributed by atoms with E-state index < -0.39 is 47.4 Å². The molecular weight excluding hydrogens is 785 g/mol. The number of piperazine rings is 1. The normalized spacial score (nSPS) is 25.0. The number of fused-ring (bicyclic) bond motifs is 10. The van der Waals surface area contributed by atoms with Gasteiger partial charge < -0.3 is 39.4 Å². The molecule has 0 saturated carbocycles. The summed E-state index contributed by atoms with van der Waals surface area (Å²) in [6.45, 7) is 7.09. The first-order chi connectivity index (χ1) is 29.1. The Balaban J connectivity index is 1.14. The first-order valence-electron chi connectivity index (χ1n) is 22.1. The number of carbonyl (C=O) groups is 3. The SMILES string of the molecule is CCCCCCCCCCCCCCCC(=O)NC1CS[C@@H]2c3c(OC(C)=O)c(C)c4c(c3[C@@H](COC1=O)N1C2[C@@H]2N[C@H](Cc3cc(C)c(OC)c(O)c32)[C@@H]1C#N)OCO4. The summed E-state index contributed by atoms with van der Waals surface area (Å²) in [6.07, 6.45) is 16.5. The molecule has 6 aliphatic rings. The molecule has 13 nitrogen and oxygen atoms in total. The molecule has 0 aliphatic carbocycles. The van der Waals surface area contributed by atoms with Crippen LogP contribution in [0.15, 0.2) is 6.07 Å². The van der Waals surface area contributed by atoms with Gasteiger partial charge in [0.2, 0.25) is 12.7 Å². The van der Waals surface area contributed by atoms with E-state index in [2.05, 4.69) is 28.5 Å². The van der Waals surface area contributed by atoms with Gasteiger partial charge in [-0.15, -0.1) is 11.8 Å². The Morgan fingerprint density at radius 1 is 0.967 bits per heavy atom. The summed E-state index contributed by atoms with van der Waals surface area (Å²) in [5, 5.41) is 29.0. The lowest BCUT2D eigenvalue weighted by Crippen LogP contribution is -2.69. The van der Waals surface area contributed by atoms with Gasteiger partial charge in [0.1, 0.15) is 24.4 Å². The predicted octanol–water partition coefficient (Wildman–Crippen LogP) is 7.86. The van der Waals surface area contributed by atoms with Crippen molar-refractivity contribution in [2.75, 3.05) is 26.3 Å². The monoisotopic (exact) mass is 846 g/mol. The largest absolute Gasteiger partial charge is 0.504 e. The summed E-state index contributed by atoms with van der Waals surface area (Å²) in [6, 6.07) is 0.866. The lowest BCUT2D eigenvalue weighted by molar-refractivity contribution is -0.151. The minimum Gasteiger partial charge on any atom is -0.504 e. The van der Waals surface area contributed by atoms with E-state index in [1.54, 1.807) is 0 Å². The van der Waals surface area contributed by atoms with Crippen LogP contribution < -0.4 is 29.6 Å². The van der Waals surface area contributed by atoms with Crippen molar-refractivity contribution in [3.8, 4) is 34.8 Å². The van der Waals surface area contributed by atoms with Crippen molar-refractivity contribution in [3.63, 3.8) is 0 Å². The topological polar surface area (TPSA) is 169 Å². The van der Waals surface area contributed by atoms with Crippen molar-refractivity contribution < 1.29 is 43.2 Å². The molecule has 6 heterocycles. The molecule has 0 radical (unpaired) electrons.